The maximum atomic E-state index is 4.59. The molecule has 0 aliphatic rings. The molecule has 0 amide bonds. The monoisotopic (exact) mass is 209 g/mol. The van der Waals surface area contributed by atoms with Gasteiger partial charge in [0.2, 0.25) is 0 Å². The highest BCUT2D eigenvalue weighted by atomic mass is 14.7. The molecule has 1 heterocycles. The molecule has 0 spiro atoms. The van der Waals surface area contributed by atoms with Gasteiger partial charge < -0.3 is 0 Å². The Balaban J connectivity index is 2.15. The van der Waals surface area contributed by atoms with Crippen molar-refractivity contribution in [1.29, 1.82) is 0 Å². The molecule has 0 atom stereocenters. The number of nitrogens with zero attached hydrogens (tertiary/aromatic N) is 1. The van der Waals surface area contributed by atoms with E-state index in [-0.39, 0.29) is 0 Å². The summed E-state index contributed by atoms with van der Waals surface area (Å²) in [5.74, 6) is 0. The van der Waals surface area contributed by atoms with Gasteiger partial charge in [-0.1, -0.05) is 42.5 Å². The molecule has 2 aromatic rings. The lowest BCUT2D eigenvalue weighted by molar-refractivity contribution is 1.01. The van der Waals surface area contributed by atoms with E-state index in [1.807, 2.05) is 18.2 Å². The van der Waals surface area contributed by atoms with E-state index in [1.54, 1.807) is 0 Å². The molecule has 1 nitrogen and oxygen atoms in total. The van der Waals surface area contributed by atoms with Crippen LogP contribution in [0, 0.1) is 0 Å². The van der Waals surface area contributed by atoms with Crippen LogP contribution in [0.3, 0.4) is 0 Å². The lowest BCUT2D eigenvalue weighted by Crippen LogP contribution is -1.95. The maximum absolute atomic E-state index is 4.59. The van der Waals surface area contributed by atoms with Crippen molar-refractivity contribution in [2.45, 2.75) is 12.8 Å². The van der Waals surface area contributed by atoms with E-state index in [1.165, 1.54) is 5.56 Å². The van der Waals surface area contributed by atoms with Crippen molar-refractivity contribution in [1.82, 2.24) is 4.98 Å². The second-order valence-electron chi connectivity index (χ2n) is 3.78. The normalized spacial score (nSPS) is 10.0. The standard InChI is InChI=1S/C15H15N/c1-2-7-14-10-6-11-15(16-14)12-13-8-4-3-5-9-13/h2-6,8-11H,1,7,12H2. The number of pyridine rings is 1. The topological polar surface area (TPSA) is 12.9 Å². The first kappa shape index (κ1) is 10.6. The van der Waals surface area contributed by atoms with E-state index in [0.29, 0.717) is 0 Å². The maximum Gasteiger partial charge on any atom is 0.0450 e. The molecule has 0 radical (unpaired) electrons. The van der Waals surface area contributed by atoms with Gasteiger partial charge in [-0.3, -0.25) is 4.98 Å². The first-order valence-corrected chi connectivity index (χ1v) is 5.48. The third-order valence-corrected chi connectivity index (χ3v) is 2.45. The number of aromatic nitrogens is 1. The molecule has 0 aliphatic heterocycles. The molecule has 0 fully saturated rings. The summed E-state index contributed by atoms with van der Waals surface area (Å²) in [6.07, 6.45) is 3.61. The summed E-state index contributed by atoms with van der Waals surface area (Å²) in [7, 11) is 0. The highest BCUT2D eigenvalue weighted by Crippen LogP contribution is 2.08. The number of allylic oxidation sites excluding steroid dienone is 1. The minimum Gasteiger partial charge on any atom is -0.257 e. The van der Waals surface area contributed by atoms with Crippen LogP contribution in [0.1, 0.15) is 17.0 Å². The molecule has 16 heavy (non-hydrogen) atoms. The molecule has 80 valence electrons. The van der Waals surface area contributed by atoms with Gasteiger partial charge in [0.15, 0.2) is 0 Å². The molecule has 0 saturated carbocycles. The minimum absolute atomic E-state index is 0.836. The molecule has 0 unspecified atom stereocenters. The van der Waals surface area contributed by atoms with Crippen LogP contribution in [-0.2, 0) is 12.8 Å². The third kappa shape index (κ3) is 2.80. The van der Waals surface area contributed by atoms with Gasteiger partial charge in [-0.2, -0.15) is 0 Å². The van der Waals surface area contributed by atoms with Crippen LogP contribution in [0.25, 0.3) is 0 Å². The van der Waals surface area contributed by atoms with Crippen LogP contribution < -0.4 is 0 Å². The highest BCUT2D eigenvalue weighted by molar-refractivity contribution is 5.23. The van der Waals surface area contributed by atoms with Crippen molar-refractivity contribution < 1.29 is 0 Å². The molecule has 0 saturated heterocycles. The molecule has 1 aromatic carbocycles. The van der Waals surface area contributed by atoms with Gasteiger partial charge in [0.1, 0.15) is 0 Å². The first-order chi connectivity index (χ1) is 7.88. The zero-order chi connectivity index (χ0) is 11.2. The molecule has 0 N–H and O–H groups in total. The Bertz CT molecular complexity index is 460. The predicted octanol–water partition coefficient (Wildman–Crippen LogP) is 3.40. The van der Waals surface area contributed by atoms with E-state index in [9.17, 15) is 0 Å². The number of hydrogen-bond donors (Lipinski definition) is 0. The van der Waals surface area contributed by atoms with Crippen LogP contribution in [0.2, 0.25) is 0 Å². The largest absolute Gasteiger partial charge is 0.257 e. The average Bonchev–Trinajstić information content (AvgIpc) is 2.31. The van der Waals surface area contributed by atoms with Crippen LogP contribution in [0.15, 0.2) is 61.2 Å². The Morgan fingerprint density at radius 2 is 1.69 bits per heavy atom. The SMILES string of the molecule is C=CCc1cccc(Cc2ccccc2)n1. The Hall–Kier alpha value is -1.89. The highest BCUT2D eigenvalue weighted by Gasteiger charge is 1.98. The predicted molar refractivity (Wildman–Crippen MR) is 67.4 cm³/mol. The smallest absolute Gasteiger partial charge is 0.0450 e. The summed E-state index contributed by atoms with van der Waals surface area (Å²) in [5, 5.41) is 0. The van der Waals surface area contributed by atoms with Crippen molar-refractivity contribution >= 4 is 0 Å². The van der Waals surface area contributed by atoms with E-state index in [2.05, 4.69) is 48.0 Å². The average molecular weight is 209 g/mol. The van der Waals surface area contributed by atoms with Crippen LogP contribution in [0.4, 0.5) is 0 Å². The van der Waals surface area contributed by atoms with Gasteiger partial charge >= 0.3 is 0 Å². The van der Waals surface area contributed by atoms with Crippen molar-refractivity contribution in [3.8, 4) is 0 Å². The van der Waals surface area contributed by atoms with E-state index in [0.717, 1.165) is 24.2 Å². The van der Waals surface area contributed by atoms with E-state index >= 15 is 0 Å². The van der Waals surface area contributed by atoms with Gasteiger partial charge in [-0.25, -0.2) is 0 Å². The van der Waals surface area contributed by atoms with Gasteiger partial charge in [0.25, 0.3) is 0 Å². The van der Waals surface area contributed by atoms with Gasteiger partial charge in [0, 0.05) is 24.2 Å². The fraction of sp³-hybridized carbons (Fsp3) is 0.133. The Kier molecular flexibility index (Phi) is 3.50. The van der Waals surface area contributed by atoms with Crippen molar-refractivity contribution in [3.63, 3.8) is 0 Å². The van der Waals surface area contributed by atoms with Gasteiger partial charge in [-0.05, 0) is 17.7 Å². The third-order valence-electron chi connectivity index (χ3n) is 2.45. The summed E-state index contributed by atoms with van der Waals surface area (Å²) < 4.78 is 0. The van der Waals surface area contributed by atoms with E-state index < -0.39 is 0 Å². The van der Waals surface area contributed by atoms with Crippen molar-refractivity contribution in [3.05, 3.63) is 78.1 Å². The molecule has 0 bridgehead atoms. The van der Waals surface area contributed by atoms with Crippen LogP contribution in [-0.4, -0.2) is 4.98 Å². The fourth-order valence-electron chi connectivity index (χ4n) is 1.69. The lowest BCUT2D eigenvalue weighted by atomic mass is 10.1. The van der Waals surface area contributed by atoms with Gasteiger partial charge in [-0.15, -0.1) is 6.58 Å². The molecule has 1 heteroatoms. The zero-order valence-corrected chi connectivity index (χ0v) is 9.26. The Labute approximate surface area is 96.5 Å². The second-order valence-corrected chi connectivity index (χ2v) is 3.78. The Morgan fingerprint density at radius 1 is 0.938 bits per heavy atom. The Morgan fingerprint density at radius 3 is 2.44 bits per heavy atom. The number of rotatable bonds is 4. The van der Waals surface area contributed by atoms with E-state index in [4.69, 9.17) is 0 Å². The molecule has 0 aliphatic carbocycles. The minimum atomic E-state index is 0.836. The second kappa shape index (κ2) is 5.26. The number of hydrogen-bond acceptors (Lipinski definition) is 1. The molecule has 2 rings (SSSR count). The quantitative estimate of drug-likeness (QED) is 0.703. The van der Waals surface area contributed by atoms with Gasteiger partial charge in [0.05, 0.1) is 0 Å². The first-order valence-electron chi connectivity index (χ1n) is 5.48. The molecule has 1 aromatic heterocycles. The fourth-order valence-corrected chi connectivity index (χ4v) is 1.69. The lowest BCUT2D eigenvalue weighted by Gasteiger charge is -2.03. The zero-order valence-electron chi connectivity index (χ0n) is 9.26. The van der Waals surface area contributed by atoms with Crippen molar-refractivity contribution in [2.75, 3.05) is 0 Å². The van der Waals surface area contributed by atoms with Crippen molar-refractivity contribution in [2.24, 2.45) is 0 Å². The van der Waals surface area contributed by atoms with Crippen LogP contribution >= 0.6 is 0 Å². The summed E-state index contributed by atoms with van der Waals surface area (Å²) in [6, 6.07) is 16.6. The summed E-state index contributed by atoms with van der Waals surface area (Å²) in [4.78, 5) is 4.59. The van der Waals surface area contributed by atoms with Crippen LogP contribution in [0.5, 0.6) is 0 Å². The summed E-state index contributed by atoms with van der Waals surface area (Å²) >= 11 is 0. The summed E-state index contributed by atoms with van der Waals surface area (Å²) in [6.45, 7) is 3.73. The summed E-state index contributed by atoms with van der Waals surface area (Å²) in [5.41, 5.74) is 3.50. The molecular weight excluding hydrogens is 194 g/mol. The molecular formula is C15H15N. The number of benzene rings is 1.